The van der Waals surface area contributed by atoms with Gasteiger partial charge in [-0.25, -0.2) is 4.98 Å². The fourth-order valence-corrected chi connectivity index (χ4v) is 5.07. The van der Waals surface area contributed by atoms with E-state index >= 15 is 0 Å². The molecule has 0 saturated carbocycles. The van der Waals surface area contributed by atoms with Gasteiger partial charge in [-0.05, 0) is 39.1 Å². The summed E-state index contributed by atoms with van der Waals surface area (Å²) in [5.74, 6) is 0.681. The van der Waals surface area contributed by atoms with E-state index in [1.807, 2.05) is 18.0 Å². The Hall–Kier alpha value is -2.85. The van der Waals surface area contributed by atoms with Crippen molar-refractivity contribution in [3.63, 3.8) is 0 Å². The van der Waals surface area contributed by atoms with Crippen LogP contribution in [0.15, 0.2) is 46.2 Å². The largest absolute Gasteiger partial charge is 0.380 e. The monoisotopic (exact) mass is 545 g/mol. The maximum absolute atomic E-state index is 13.3. The molecule has 1 aromatic heterocycles. The highest BCUT2D eigenvalue weighted by Crippen LogP contribution is 2.33. The summed E-state index contributed by atoms with van der Waals surface area (Å²) in [5.41, 5.74) is 3.96. The molecule has 1 saturated heterocycles. The molecule has 2 aromatic rings. The van der Waals surface area contributed by atoms with Gasteiger partial charge in [-0.15, -0.1) is 0 Å². The second-order valence-electron chi connectivity index (χ2n) is 9.21. The predicted molar refractivity (Wildman–Crippen MR) is 150 cm³/mol. The Kier molecular flexibility index (Phi) is 8.59. The molecule has 0 radical (unpaired) electrons. The smallest absolute Gasteiger partial charge is 0.265 e. The molecule has 1 aromatic carbocycles. The first-order chi connectivity index (χ1) is 17.7. The summed E-state index contributed by atoms with van der Waals surface area (Å²) in [6.45, 7) is 8.27. The second-order valence-corrected chi connectivity index (χ2v) is 10.2. The number of anilines is 4. The first kappa shape index (κ1) is 27.2. The summed E-state index contributed by atoms with van der Waals surface area (Å²) >= 11 is 12.7. The van der Waals surface area contributed by atoms with E-state index in [1.54, 1.807) is 27.0 Å². The van der Waals surface area contributed by atoms with Gasteiger partial charge in [0.2, 0.25) is 5.95 Å². The number of methoxy groups -OCH3 is 1. The Balaban J connectivity index is 1.58. The number of likely N-dealkylation sites (N-methyl/N-ethyl adjacent to an activating group) is 1. The molecular formula is C26H33Cl2N7O2. The van der Waals surface area contributed by atoms with Gasteiger partial charge in [0.05, 0.1) is 24.0 Å². The first-order valence-corrected chi connectivity index (χ1v) is 12.9. The zero-order chi connectivity index (χ0) is 26.7. The lowest BCUT2D eigenvalue weighted by Gasteiger charge is -2.36. The van der Waals surface area contributed by atoms with Gasteiger partial charge in [0, 0.05) is 68.5 Å². The third-order valence-electron chi connectivity index (χ3n) is 6.51. The molecular weight excluding hydrogens is 513 g/mol. The zero-order valence-corrected chi connectivity index (χ0v) is 23.4. The standard InChI is InChI=1S/C26H33Cl2N7O2/c1-6-21(28)23(17(2)27)35-16-33(4)24-20(25(35)36)14-29-26(31-24)30-19-7-8-22(18(13-19)15-37-5)34-11-9-32(3)10-12-34/h6-8,13-14H,9-12,15-16H2,1-5H3,(H,29,30,31). The van der Waals surface area contributed by atoms with Crippen LogP contribution in [0, 0.1) is 0 Å². The van der Waals surface area contributed by atoms with Crippen LogP contribution in [0.5, 0.6) is 0 Å². The Bertz CT molecular complexity index is 1220. The third-order valence-corrected chi connectivity index (χ3v) is 7.09. The van der Waals surface area contributed by atoms with Crippen molar-refractivity contribution in [2.24, 2.45) is 0 Å². The van der Waals surface area contributed by atoms with Crippen LogP contribution in [-0.4, -0.2) is 79.7 Å². The molecule has 0 bridgehead atoms. The van der Waals surface area contributed by atoms with Crippen molar-refractivity contribution in [3.05, 3.63) is 57.4 Å². The van der Waals surface area contributed by atoms with Crippen molar-refractivity contribution in [1.29, 1.82) is 0 Å². The van der Waals surface area contributed by atoms with E-state index in [9.17, 15) is 4.79 Å². The van der Waals surface area contributed by atoms with E-state index in [2.05, 4.69) is 44.3 Å². The molecule has 1 amide bonds. The molecule has 4 rings (SSSR count). The zero-order valence-electron chi connectivity index (χ0n) is 21.9. The number of rotatable bonds is 7. The van der Waals surface area contributed by atoms with Gasteiger partial charge >= 0.3 is 0 Å². The van der Waals surface area contributed by atoms with Crippen molar-refractivity contribution in [2.75, 3.05) is 69.2 Å². The summed E-state index contributed by atoms with van der Waals surface area (Å²) in [5, 5.41) is 4.12. The molecule has 2 aliphatic heterocycles. The number of carbonyl (C=O) groups excluding carboxylic acids is 1. The van der Waals surface area contributed by atoms with Gasteiger partial charge in [-0.3, -0.25) is 9.69 Å². The quantitative estimate of drug-likeness (QED) is 0.506. The highest BCUT2D eigenvalue weighted by molar-refractivity contribution is 6.35. The Morgan fingerprint density at radius 1 is 1.19 bits per heavy atom. The van der Waals surface area contributed by atoms with Gasteiger partial charge in [0.15, 0.2) is 0 Å². The van der Waals surface area contributed by atoms with Crippen LogP contribution in [0.4, 0.5) is 23.1 Å². The minimum absolute atomic E-state index is 0.253. The maximum atomic E-state index is 13.3. The van der Waals surface area contributed by atoms with Crippen molar-refractivity contribution >= 4 is 52.3 Å². The van der Waals surface area contributed by atoms with E-state index in [1.165, 1.54) is 16.8 Å². The number of hydrogen-bond acceptors (Lipinski definition) is 8. The number of nitrogens with zero attached hydrogens (tertiary/aromatic N) is 6. The van der Waals surface area contributed by atoms with Gasteiger partial charge in [0.1, 0.15) is 11.4 Å². The van der Waals surface area contributed by atoms with Crippen LogP contribution in [0.1, 0.15) is 29.8 Å². The van der Waals surface area contributed by atoms with Crippen molar-refractivity contribution in [1.82, 2.24) is 19.8 Å². The van der Waals surface area contributed by atoms with E-state index in [-0.39, 0.29) is 12.6 Å². The SMILES string of the molecule is CC=C(Cl)C(=C(C)Cl)N1CN(C)c2nc(Nc3ccc(N4CCN(C)CC4)c(COC)c3)ncc2C1=O. The molecule has 1 fully saturated rings. The van der Waals surface area contributed by atoms with Crippen molar-refractivity contribution in [2.45, 2.75) is 20.5 Å². The second kappa shape index (κ2) is 11.7. The van der Waals surface area contributed by atoms with E-state index < -0.39 is 0 Å². The lowest BCUT2D eigenvalue weighted by Crippen LogP contribution is -2.45. The summed E-state index contributed by atoms with van der Waals surface area (Å²) in [6.07, 6.45) is 3.25. The fraction of sp³-hybridized carbons (Fsp3) is 0.423. The minimum atomic E-state index is -0.256. The number of allylic oxidation sites excluding steroid dienone is 3. The molecule has 1 N–H and O–H groups in total. The van der Waals surface area contributed by atoms with Crippen LogP contribution in [0.25, 0.3) is 0 Å². The molecule has 0 atom stereocenters. The number of carbonyl (C=O) groups is 1. The van der Waals surface area contributed by atoms with E-state index in [4.69, 9.17) is 27.9 Å². The average Bonchev–Trinajstić information content (AvgIpc) is 2.88. The molecule has 0 unspecified atom stereocenters. The number of nitrogens with one attached hydrogen (secondary N) is 1. The van der Waals surface area contributed by atoms with Crippen LogP contribution in [0.2, 0.25) is 0 Å². The molecule has 11 heteroatoms. The first-order valence-electron chi connectivity index (χ1n) is 12.1. The summed E-state index contributed by atoms with van der Waals surface area (Å²) in [7, 11) is 5.71. The van der Waals surface area contributed by atoms with Gasteiger partial charge in [0.25, 0.3) is 5.91 Å². The predicted octanol–water partition coefficient (Wildman–Crippen LogP) is 4.58. The Labute approximate surface area is 228 Å². The number of ether oxygens (including phenoxy) is 1. The number of halogens is 2. The number of piperazine rings is 1. The highest BCUT2D eigenvalue weighted by atomic mass is 35.5. The minimum Gasteiger partial charge on any atom is -0.380 e. The van der Waals surface area contributed by atoms with Crippen LogP contribution in [0.3, 0.4) is 0 Å². The average molecular weight is 547 g/mol. The molecule has 0 spiro atoms. The number of benzene rings is 1. The molecule has 3 heterocycles. The lowest BCUT2D eigenvalue weighted by molar-refractivity contribution is 0.0798. The summed E-state index contributed by atoms with van der Waals surface area (Å²) in [4.78, 5) is 30.5. The highest BCUT2D eigenvalue weighted by Gasteiger charge is 2.33. The number of aromatic nitrogens is 2. The number of fused-ring (bicyclic) bond motifs is 1. The molecule has 37 heavy (non-hydrogen) atoms. The Morgan fingerprint density at radius 3 is 2.57 bits per heavy atom. The molecule has 198 valence electrons. The molecule has 0 aliphatic carbocycles. The molecule has 9 nitrogen and oxygen atoms in total. The fourth-order valence-electron chi connectivity index (χ4n) is 4.57. The normalized spacial score (nSPS) is 17.6. The van der Waals surface area contributed by atoms with E-state index in [0.29, 0.717) is 39.7 Å². The number of hydrogen-bond donors (Lipinski definition) is 1. The lowest BCUT2D eigenvalue weighted by atomic mass is 10.1. The van der Waals surface area contributed by atoms with Gasteiger partial charge in [-0.2, -0.15) is 4.98 Å². The van der Waals surface area contributed by atoms with Gasteiger partial charge < -0.3 is 24.8 Å². The van der Waals surface area contributed by atoms with E-state index in [0.717, 1.165) is 37.4 Å². The van der Waals surface area contributed by atoms with Crippen LogP contribution in [-0.2, 0) is 11.3 Å². The topological polar surface area (TPSA) is 77.1 Å². The van der Waals surface area contributed by atoms with Gasteiger partial charge in [-0.1, -0.05) is 29.3 Å². The van der Waals surface area contributed by atoms with Crippen molar-refractivity contribution in [3.8, 4) is 0 Å². The Morgan fingerprint density at radius 2 is 1.92 bits per heavy atom. The maximum Gasteiger partial charge on any atom is 0.265 e. The molecule has 2 aliphatic rings. The third kappa shape index (κ3) is 5.85. The summed E-state index contributed by atoms with van der Waals surface area (Å²) in [6, 6.07) is 6.20. The van der Waals surface area contributed by atoms with Crippen molar-refractivity contribution < 1.29 is 9.53 Å². The van der Waals surface area contributed by atoms with Crippen LogP contribution < -0.4 is 15.1 Å². The van der Waals surface area contributed by atoms with Crippen LogP contribution >= 0.6 is 23.2 Å². The number of amides is 1. The summed E-state index contributed by atoms with van der Waals surface area (Å²) < 4.78 is 5.49.